The zero-order valence-corrected chi connectivity index (χ0v) is 10.9. The van der Waals surface area contributed by atoms with Crippen LogP contribution in [0.15, 0.2) is 18.2 Å². The lowest BCUT2D eigenvalue weighted by atomic mass is 10.0. The van der Waals surface area contributed by atoms with Gasteiger partial charge in [0.2, 0.25) is 5.91 Å². The van der Waals surface area contributed by atoms with Gasteiger partial charge in [-0.15, -0.1) is 0 Å². The Morgan fingerprint density at radius 3 is 2.94 bits per heavy atom. The van der Waals surface area contributed by atoms with E-state index in [4.69, 9.17) is 11.6 Å². The lowest BCUT2D eigenvalue weighted by Crippen LogP contribution is -2.47. The first-order valence-electron chi connectivity index (χ1n) is 5.90. The second-order valence-electron chi connectivity index (χ2n) is 4.47. The minimum absolute atomic E-state index is 0.00594. The topological polar surface area (TPSA) is 58.2 Å². The number of hydrogen-bond donors (Lipinski definition) is 2. The molecule has 0 aliphatic carbocycles. The van der Waals surface area contributed by atoms with E-state index in [1.165, 1.54) is 0 Å². The summed E-state index contributed by atoms with van der Waals surface area (Å²) >= 11 is 5.89. The predicted molar refractivity (Wildman–Crippen MR) is 69.7 cm³/mol. The van der Waals surface area contributed by atoms with Gasteiger partial charge in [0.25, 0.3) is 5.91 Å². The maximum absolute atomic E-state index is 12.1. The smallest absolute Gasteiger partial charge is 0.251 e. The summed E-state index contributed by atoms with van der Waals surface area (Å²) in [7, 11) is 0. The summed E-state index contributed by atoms with van der Waals surface area (Å²) in [4.78, 5) is 23.1. The Kier molecular flexibility index (Phi) is 3.87. The average molecular weight is 267 g/mol. The number of benzene rings is 1. The molecule has 0 aromatic heterocycles. The van der Waals surface area contributed by atoms with E-state index in [1.807, 2.05) is 13.0 Å². The van der Waals surface area contributed by atoms with Gasteiger partial charge >= 0.3 is 0 Å². The molecule has 0 radical (unpaired) electrons. The Hall–Kier alpha value is -1.55. The van der Waals surface area contributed by atoms with Gasteiger partial charge in [-0.25, -0.2) is 0 Å². The zero-order chi connectivity index (χ0) is 13.1. The Balaban J connectivity index is 2.03. The Morgan fingerprint density at radius 1 is 1.50 bits per heavy atom. The SMILES string of the molecule is Cc1ccc(Cl)cc1C(=O)NC1CCC(=O)NC1. The van der Waals surface area contributed by atoms with E-state index in [9.17, 15) is 9.59 Å². The fraction of sp³-hybridized carbons (Fsp3) is 0.385. The number of amides is 2. The first-order chi connectivity index (χ1) is 8.56. The number of carbonyl (C=O) groups is 2. The van der Waals surface area contributed by atoms with Crippen LogP contribution in [0.4, 0.5) is 0 Å². The third kappa shape index (κ3) is 3.01. The van der Waals surface area contributed by atoms with Crippen molar-refractivity contribution in [1.82, 2.24) is 10.6 Å². The highest BCUT2D eigenvalue weighted by Crippen LogP contribution is 2.16. The number of hydrogen-bond acceptors (Lipinski definition) is 2. The monoisotopic (exact) mass is 266 g/mol. The van der Waals surface area contributed by atoms with E-state index in [2.05, 4.69) is 10.6 Å². The van der Waals surface area contributed by atoms with Crippen LogP contribution < -0.4 is 10.6 Å². The number of carbonyl (C=O) groups excluding carboxylic acids is 2. The molecule has 2 amide bonds. The van der Waals surface area contributed by atoms with E-state index in [1.54, 1.807) is 12.1 Å². The fourth-order valence-corrected chi connectivity index (χ4v) is 2.13. The maximum Gasteiger partial charge on any atom is 0.251 e. The summed E-state index contributed by atoms with van der Waals surface area (Å²) in [5, 5.41) is 6.19. The van der Waals surface area contributed by atoms with Gasteiger partial charge in [-0.2, -0.15) is 0 Å². The summed E-state index contributed by atoms with van der Waals surface area (Å²) < 4.78 is 0. The number of nitrogens with one attached hydrogen (secondary N) is 2. The Labute approximate surface area is 111 Å². The lowest BCUT2D eigenvalue weighted by molar-refractivity contribution is -0.122. The summed E-state index contributed by atoms with van der Waals surface area (Å²) in [6.07, 6.45) is 1.14. The van der Waals surface area contributed by atoms with Crippen LogP contribution in [-0.2, 0) is 4.79 Å². The van der Waals surface area contributed by atoms with Crippen LogP contribution in [0, 0.1) is 6.92 Å². The third-order valence-electron chi connectivity index (χ3n) is 3.04. The van der Waals surface area contributed by atoms with Crippen molar-refractivity contribution in [1.29, 1.82) is 0 Å². The van der Waals surface area contributed by atoms with Crippen molar-refractivity contribution in [3.63, 3.8) is 0 Å². The van der Waals surface area contributed by atoms with Gasteiger partial charge < -0.3 is 10.6 Å². The molecule has 1 aromatic rings. The summed E-state index contributed by atoms with van der Waals surface area (Å²) in [5.74, 6) is -0.101. The Morgan fingerprint density at radius 2 is 2.28 bits per heavy atom. The van der Waals surface area contributed by atoms with Gasteiger partial charge in [-0.3, -0.25) is 9.59 Å². The van der Waals surface area contributed by atoms with E-state index >= 15 is 0 Å². The molecule has 2 rings (SSSR count). The molecule has 2 N–H and O–H groups in total. The van der Waals surface area contributed by atoms with Crippen molar-refractivity contribution < 1.29 is 9.59 Å². The van der Waals surface area contributed by atoms with Gasteiger partial charge in [-0.1, -0.05) is 17.7 Å². The van der Waals surface area contributed by atoms with E-state index < -0.39 is 0 Å². The second kappa shape index (κ2) is 5.40. The molecule has 1 aliphatic rings. The Bertz CT molecular complexity index is 478. The van der Waals surface area contributed by atoms with E-state index in [0.717, 1.165) is 5.56 Å². The van der Waals surface area contributed by atoms with Gasteiger partial charge in [-0.05, 0) is 31.0 Å². The predicted octanol–water partition coefficient (Wildman–Crippen LogP) is 1.66. The minimum Gasteiger partial charge on any atom is -0.354 e. The molecule has 1 atom stereocenters. The third-order valence-corrected chi connectivity index (χ3v) is 3.28. The molecule has 1 unspecified atom stereocenters. The molecule has 1 heterocycles. The van der Waals surface area contributed by atoms with Crippen molar-refractivity contribution in [3.8, 4) is 0 Å². The summed E-state index contributed by atoms with van der Waals surface area (Å²) in [6.45, 7) is 2.36. The average Bonchev–Trinajstić information content (AvgIpc) is 2.35. The van der Waals surface area contributed by atoms with Crippen LogP contribution in [-0.4, -0.2) is 24.4 Å². The molecular formula is C13H15ClN2O2. The highest BCUT2D eigenvalue weighted by Gasteiger charge is 2.20. The first-order valence-corrected chi connectivity index (χ1v) is 6.28. The lowest BCUT2D eigenvalue weighted by Gasteiger charge is -2.23. The van der Waals surface area contributed by atoms with Gasteiger partial charge in [0.15, 0.2) is 0 Å². The van der Waals surface area contributed by atoms with Crippen LogP contribution in [0.3, 0.4) is 0 Å². The van der Waals surface area contributed by atoms with Crippen LogP contribution >= 0.6 is 11.6 Å². The molecule has 5 heteroatoms. The standard InChI is InChI=1S/C13H15ClN2O2/c1-8-2-3-9(14)6-11(8)13(18)16-10-4-5-12(17)15-7-10/h2-3,6,10H,4-5,7H2,1H3,(H,15,17)(H,16,18). The fourth-order valence-electron chi connectivity index (χ4n) is 1.96. The molecule has 0 spiro atoms. The molecular weight excluding hydrogens is 252 g/mol. The largest absolute Gasteiger partial charge is 0.354 e. The number of piperidine rings is 1. The molecule has 96 valence electrons. The quantitative estimate of drug-likeness (QED) is 0.855. The number of halogens is 1. The molecule has 4 nitrogen and oxygen atoms in total. The molecule has 18 heavy (non-hydrogen) atoms. The van der Waals surface area contributed by atoms with Gasteiger partial charge in [0.1, 0.15) is 0 Å². The highest BCUT2D eigenvalue weighted by molar-refractivity contribution is 6.31. The minimum atomic E-state index is -0.142. The van der Waals surface area contributed by atoms with Crippen molar-refractivity contribution in [2.45, 2.75) is 25.8 Å². The van der Waals surface area contributed by atoms with Crippen molar-refractivity contribution >= 4 is 23.4 Å². The normalized spacial score (nSPS) is 19.2. The number of aryl methyl sites for hydroxylation is 1. The van der Waals surface area contributed by atoms with Crippen molar-refractivity contribution in [3.05, 3.63) is 34.3 Å². The van der Waals surface area contributed by atoms with Crippen molar-refractivity contribution in [2.75, 3.05) is 6.54 Å². The van der Waals surface area contributed by atoms with E-state index in [0.29, 0.717) is 30.0 Å². The van der Waals surface area contributed by atoms with Crippen molar-refractivity contribution in [2.24, 2.45) is 0 Å². The first kappa shape index (κ1) is 12.9. The number of rotatable bonds is 2. The van der Waals surface area contributed by atoms with E-state index in [-0.39, 0.29) is 17.9 Å². The summed E-state index contributed by atoms with van der Waals surface area (Å²) in [6, 6.07) is 5.23. The van der Waals surface area contributed by atoms with Gasteiger partial charge in [0, 0.05) is 29.6 Å². The van der Waals surface area contributed by atoms with Gasteiger partial charge in [0.05, 0.1) is 0 Å². The maximum atomic E-state index is 12.1. The summed E-state index contributed by atoms with van der Waals surface area (Å²) in [5.41, 5.74) is 1.47. The van der Waals surface area contributed by atoms with Crippen LogP contribution in [0.25, 0.3) is 0 Å². The van der Waals surface area contributed by atoms with Crippen LogP contribution in [0.5, 0.6) is 0 Å². The molecule has 1 aromatic carbocycles. The highest BCUT2D eigenvalue weighted by atomic mass is 35.5. The molecule has 1 aliphatic heterocycles. The molecule has 1 saturated heterocycles. The molecule has 0 bridgehead atoms. The second-order valence-corrected chi connectivity index (χ2v) is 4.91. The van der Waals surface area contributed by atoms with Crippen LogP contribution in [0.1, 0.15) is 28.8 Å². The molecule has 0 saturated carbocycles. The zero-order valence-electron chi connectivity index (χ0n) is 10.1. The molecule has 1 fully saturated rings. The van der Waals surface area contributed by atoms with Crippen LogP contribution in [0.2, 0.25) is 5.02 Å².